The van der Waals surface area contributed by atoms with Gasteiger partial charge in [0.2, 0.25) is 0 Å². The minimum atomic E-state index is -0.386. The van der Waals surface area contributed by atoms with Crippen LogP contribution < -0.4 is 0 Å². The van der Waals surface area contributed by atoms with E-state index in [1.54, 1.807) is 12.1 Å². The molecule has 1 nitrogen and oxygen atoms in total. The summed E-state index contributed by atoms with van der Waals surface area (Å²) in [5, 5.41) is -0.386. The molecule has 1 saturated heterocycles. The minimum Gasteiger partial charge on any atom is -0.276 e. The zero-order chi connectivity index (χ0) is 9.97. The summed E-state index contributed by atoms with van der Waals surface area (Å²) in [5.74, 6) is 2.43. The third kappa shape index (κ3) is 2.27. The van der Waals surface area contributed by atoms with Gasteiger partial charge < -0.3 is 0 Å². The van der Waals surface area contributed by atoms with E-state index >= 15 is 0 Å². The van der Waals surface area contributed by atoms with Crippen molar-refractivity contribution in [1.29, 1.82) is 0 Å². The first-order chi connectivity index (χ1) is 6.77. The second kappa shape index (κ2) is 4.60. The molecule has 0 atom stereocenters. The quantitative estimate of drug-likeness (QED) is 0.741. The number of thioether (sulfide) groups is 2. The molecule has 0 N–H and O–H groups in total. The van der Waals surface area contributed by atoms with Gasteiger partial charge in [-0.1, -0.05) is 12.1 Å². The molecule has 1 aromatic rings. The van der Waals surface area contributed by atoms with Crippen LogP contribution in [0, 0.1) is 0 Å². The Kier molecular flexibility index (Phi) is 3.42. The highest BCUT2D eigenvalue weighted by molar-refractivity contribution is 8.19. The van der Waals surface area contributed by atoms with Crippen LogP contribution in [0.3, 0.4) is 0 Å². The highest BCUT2D eigenvalue weighted by Gasteiger charge is 2.18. The molecule has 1 fully saturated rings. The van der Waals surface area contributed by atoms with Crippen molar-refractivity contribution < 1.29 is 4.79 Å². The van der Waals surface area contributed by atoms with Crippen LogP contribution in [0.15, 0.2) is 24.3 Å². The first-order valence-electron chi connectivity index (χ1n) is 4.30. The van der Waals surface area contributed by atoms with Crippen LogP contribution >= 0.6 is 35.1 Å². The summed E-state index contributed by atoms with van der Waals surface area (Å²) < 4.78 is 0.537. The second-order valence-electron chi connectivity index (χ2n) is 2.97. The molecule has 0 bridgehead atoms. The number of carbonyl (C=O) groups excluding carboxylic acids is 1. The zero-order valence-corrected chi connectivity index (χ0v) is 9.79. The summed E-state index contributed by atoms with van der Waals surface area (Å²) in [6, 6.07) is 7.57. The molecular weight excluding hydrogens is 236 g/mol. The average molecular weight is 245 g/mol. The largest absolute Gasteiger partial charge is 0.276 e. The highest BCUT2D eigenvalue weighted by Crippen LogP contribution is 2.45. The first-order valence-corrected chi connectivity index (χ1v) is 6.78. The molecule has 1 aliphatic heterocycles. The van der Waals surface area contributed by atoms with E-state index in [1.165, 1.54) is 17.1 Å². The van der Waals surface area contributed by atoms with Crippen LogP contribution in [0.4, 0.5) is 0 Å². The van der Waals surface area contributed by atoms with Gasteiger partial charge in [0.15, 0.2) is 0 Å². The molecule has 0 unspecified atom stereocenters. The van der Waals surface area contributed by atoms with E-state index in [1.807, 2.05) is 35.7 Å². The summed E-state index contributed by atoms with van der Waals surface area (Å²) >= 11 is 9.28. The molecule has 4 heteroatoms. The fourth-order valence-electron chi connectivity index (χ4n) is 1.32. The van der Waals surface area contributed by atoms with Gasteiger partial charge in [0.05, 0.1) is 4.58 Å². The van der Waals surface area contributed by atoms with Gasteiger partial charge in [-0.2, -0.15) is 0 Å². The van der Waals surface area contributed by atoms with Gasteiger partial charge in [-0.25, -0.2) is 0 Å². The molecule has 2 rings (SSSR count). The molecule has 0 spiro atoms. The molecule has 0 aromatic heterocycles. The Bertz CT molecular complexity index is 330. The minimum absolute atomic E-state index is 0.386. The van der Waals surface area contributed by atoms with Crippen molar-refractivity contribution in [1.82, 2.24) is 0 Å². The van der Waals surface area contributed by atoms with E-state index < -0.39 is 0 Å². The number of carbonyl (C=O) groups is 1. The molecular formula is C10H9ClOS2. The van der Waals surface area contributed by atoms with Gasteiger partial charge in [-0.15, -0.1) is 23.5 Å². The van der Waals surface area contributed by atoms with E-state index in [9.17, 15) is 4.79 Å². The van der Waals surface area contributed by atoms with Gasteiger partial charge >= 0.3 is 0 Å². The Morgan fingerprint density at radius 2 is 1.79 bits per heavy atom. The van der Waals surface area contributed by atoms with E-state index in [0.717, 1.165) is 0 Å². The maximum atomic E-state index is 10.8. The fourth-order valence-corrected chi connectivity index (χ4v) is 4.31. The number of benzene rings is 1. The Morgan fingerprint density at radius 3 is 2.29 bits per heavy atom. The molecule has 0 saturated carbocycles. The number of halogens is 1. The lowest BCUT2D eigenvalue weighted by Gasteiger charge is -2.07. The number of hydrogen-bond acceptors (Lipinski definition) is 3. The summed E-state index contributed by atoms with van der Waals surface area (Å²) in [6.07, 6.45) is 0. The van der Waals surface area contributed by atoms with Gasteiger partial charge in [0, 0.05) is 17.1 Å². The van der Waals surface area contributed by atoms with Gasteiger partial charge in [-0.3, -0.25) is 4.79 Å². The maximum absolute atomic E-state index is 10.8. The van der Waals surface area contributed by atoms with Crippen molar-refractivity contribution in [3.63, 3.8) is 0 Å². The molecule has 1 aliphatic rings. The van der Waals surface area contributed by atoms with Gasteiger partial charge in [0.25, 0.3) is 5.24 Å². The number of rotatable bonds is 2. The molecule has 0 aliphatic carbocycles. The number of hydrogen-bond donors (Lipinski definition) is 0. The van der Waals surface area contributed by atoms with Crippen LogP contribution in [0.1, 0.15) is 20.5 Å². The van der Waals surface area contributed by atoms with Crippen LogP contribution in [-0.2, 0) is 0 Å². The maximum Gasteiger partial charge on any atom is 0.252 e. The highest BCUT2D eigenvalue weighted by atomic mass is 35.5. The van der Waals surface area contributed by atoms with E-state index in [0.29, 0.717) is 10.1 Å². The molecule has 0 radical (unpaired) electrons. The van der Waals surface area contributed by atoms with Crippen molar-refractivity contribution in [3.05, 3.63) is 35.4 Å². The van der Waals surface area contributed by atoms with Crippen molar-refractivity contribution in [2.45, 2.75) is 4.58 Å². The topological polar surface area (TPSA) is 17.1 Å². The van der Waals surface area contributed by atoms with E-state index in [4.69, 9.17) is 11.6 Å². The Morgan fingerprint density at radius 1 is 1.21 bits per heavy atom. The smallest absolute Gasteiger partial charge is 0.252 e. The molecule has 74 valence electrons. The van der Waals surface area contributed by atoms with Crippen molar-refractivity contribution in [2.75, 3.05) is 11.5 Å². The van der Waals surface area contributed by atoms with Gasteiger partial charge in [-0.05, 0) is 29.3 Å². The third-order valence-corrected chi connectivity index (χ3v) is 5.35. The lowest BCUT2D eigenvalue weighted by molar-refractivity contribution is 0.108. The summed E-state index contributed by atoms with van der Waals surface area (Å²) in [6.45, 7) is 0. The Labute approximate surface area is 96.6 Å². The predicted molar refractivity (Wildman–Crippen MR) is 64.3 cm³/mol. The Hall–Kier alpha value is -0.120. The van der Waals surface area contributed by atoms with E-state index in [-0.39, 0.29) is 5.24 Å². The third-order valence-electron chi connectivity index (χ3n) is 2.03. The second-order valence-corrected chi connectivity index (χ2v) is 6.04. The van der Waals surface area contributed by atoms with Crippen LogP contribution in [-0.4, -0.2) is 16.7 Å². The molecule has 0 amide bonds. The normalized spacial score (nSPS) is 17.2. The lowest BCUT2D eigenvalue weighted by Crippen LogP contribution is -1.90. The predicted octanol–water partition coefficient (Wildman–Crippen LogP) is 3.54. The van der Waals surface area contributed by atoms with E-state index in [2.05, 4.69) is 0 Å². The molecule has 1 heterocycles. The fraction of sp³-hybridized carbons (Fsp3) is 0.300. The van der Waals surface area contributed by atoms with Crippen LogP contribution in [0.25, 0.3) is 0 Å². The first kappa shape index (κ1) is 10.4. The van der Waals surface area contributed by atoms with Gasteiger partial charge in [0.1, 0.15) is 0 Å². The van der Waals surface area contributed by atoms with Crippen LogP contribution in [0.5, 0.6) is 0 Å². The summed E-state index contributed by atoms with van der Waals surface area (Å²) in [4.78, 5) is 10.8. The standard InChI is InChI=1S/C10H9ClOS2/c11-9(12)7-1-3-8(4-2-7)10-13-5-6-14-10/h1-4,10H,5-6H2. The summed E-state index contributed by atoms with van der Waals surface area (Å²) in [7, 11) is 0. The van der Waals surface area contributed by atoms with Crippen LogP contribution in [0.2, 0.25) is 0 Å². The molecule has 1 aromatic carbocycles. The van der Waals surface area contributed by atoms with Crippen molar-refractivity contribution in [3.8, 4) is 0 Å². The lowest BCUT2D eigenvalue weighted by atomic mass is 10.2. The summed E-state index contributed by atoms with van der Waals surface area (Å²) in [5.41, 5.74) is 1.85. The average Bonchev–Trinajstić information content (AvgIpc) is 2.71. The molecule has 14 heavy (non-hydrogen) atoms. The van der Waals surface area contributed by atoms with Crippen molar-refractivity contribution >= 4 is 40.4 Å². The monoisotopic (exact) mass is 244 g/mol. The van der Waals surface area contributed by atoms with Crippen molar-refractivity contribution in [2.24, 2.45) is 0 Å². The zero-order valence-electron chi connectivity index (χ0n) is 7.40. The SMILES string of the molecule is O=C(Cl)c1ccc(C2SCCS2)cc1. The Balaban J connectivity index is 2.16.